The Balaban J connectivity index is 1.31. The van der Waals surface area contributed by atoms with E-state index >= 15 is 0 Å². The fourth-order valence-electron chi connectivity index (χ4n) is 5.44. The highest BCUT2D eigenvalue weighted by Crippen LogP contribution is 2.55. The van der Waals surface area contributed by atoms with Gasteiger partial charge in [-0.05, 0) is 56.5 Å². The second kappa shape index (κ2) is 6.55. The zero-order chi connectivity index (χ0) is 19.3. The normalized spacial score (nSPS) is 30.5. The second-order valence-electron chi connectivity index (χ2n) is 8.50. The summed E-state index contributed by atoms with van der Waals surface area (Å²) in [4.78, 5) is 23.6. The number of hydrogen-bond donors (Lipinski definition) is 1. The first-order chi connectivity index (χ1) is 13.5. The molecule has 3 aliphatic rings. The zero-order valence-corrected chi connectivity index (χ0v) is 16.4. The number of ether oxygens (including phenoxy) is 1. The van der Waals surface area contributed by atoms with Crippen molar-refractivity contribution in [3.63, 3.8) is 0 Å². The molecule has 28 heavy (non-hydrogen) atoms. The molecular weight excluding hydrogens is 352 g/mol. The molecular formula is C22H26N4O2. The number of amides is 1. The van der Waals surface area contributed by atoms with Gasteiger partial charge in [0.25, 0.3) is 5.91 Å². The van der Waals surface area contributed by atoms with Gasteiger partial charge in [-0.15, -0.1) is 0 Å². The number of aromatic nitrogens is 2. The lowest BCUT2D eigenvalue weighted by Gasteiger charge is -2.29. The first-order valence-corrected chi connectivity index (χ1v) is 10.1. The third-order valence-electron chi connectivity index (χ3n) is 6.63. The number of fused-ring (bicyclic) bond motifs is 1. The first kappa shape index (κ1) is 17.6. The number of carbonyl (C=O) groups excluding carboxylic acids is 1. The van der Waals surface area contributed by atoms with Crippen LogP contribution in [0.5, 0.6) is 0 Å². The van der Waals surface area contributed by atoms with Crippen molar-refractivity contribution in [2.24, 2.45) is 11.8 Å². The highest BCUT2D eigenvalue weighted by atomic mass is 16.5. The summed E-state index contributed by atoms with van der Waals surface area (Å²) in [5.41, 5.74) is 2.87. The Morgan fingerprint density at radius 1 is 1.32 bits per heavy atom. The Morgan fingerprint density at radius 2 is 2.14 bits per heavy atom. The minimum atomic E-state index is -0.0734. The van der Waals surface area contributed by atoms with Crippen LogP contribution >= 0.6 is 0 Å². The summed E-state index contributed by atoms with van der Waals surface area (Å²) in [5, 5.41) is 3.13. The summed E-state index contributed by atoms with van der Waals surface area (Å²) in [6, 6.07) is 7.77. The summed E-state index contributed by atoms with van der Waals surface area (Å²) in [6.45, 7) is 6.67. The molecule has 3 saturated heterocycles. The molecule has 4 atom stereocenters. The quantitative estimate of drug-likeness (QED) is 0.885. The maximum atomic E-state index is 12.5. The molecule has 146 valence electrons. The Bertz CT molecular complexity index is 882. The van der Waals surface area contributed by atoms with E-state index in [4.69, 9.17) is 9.72 Å². The van der Waals surface area contributed by atoms with Crippen LogP contribution in [0.15, 0.2) is 36.7 Å². The van der Waals surface area contributed by atoms with E-state index in [1.165, 1.54) is 5.56 Å². The Kier molecular flexibility index (Phi) is 4.12. The zero-order valence-electron chi connectivity index (χ0n) is 16.4. The molecule has 0 aromatic carbocycles. The molecule has 5 heterocycles. The summed E-state index contributed by atoms with van der Waals surface area (Å²) < 4.78 is 6.52. The van der Waals surface area contributed by atoms with Crippen molar-refractivity contribution in [1.82, 2.24) is 15.3 Å². The van der Waals surface area contributed by atoms with Crippen molar-refractivity contribution in [3.05, 3.63) is 53.5 Å². The number of aryl methyl sites for hydroxylation is 2. The van der Waals surface area contributed by atoms with Gasteiger partial charge in [0.15, 0.2) is 0 Å². The molecule has 2 aromatic rings. The minimum absolute atomic E-state index is 0.0370. The fourth-order valence-corrected chi connectivity index (χ4v) is 5.44. The van der Waals surface area contributed by atoms with Gasteiger partial charge in [-0.3, -0.25) is 9.78 Å². The lowest BCUT2D eigenvalue weighted by atomic mass is 9.73. The largest absolute Gasteiger partial charge is 0.369 e. The van der Waals surface area contributed by atoms with E-state index < -0.39 is 0 Å². The highest BCUT2D eigenvalue weighted by molar-refractivity contribution is 5.93. The molecule has 0 unspecified atom stereocenters. The Hall–Kier alpha value is -2.47. The lowest BCUT2D eigenvalue weighted by molar-refractivity contribution is 0.0141. The lowest BCUT2D eigenvalue weighted by Crippen LogP contribution is -2.41. The van der Waals surface area contributed by atoms with E-state index in [-0.39, 0.29) is 17.6 Å². The second-order valence-corrected chi connectivity index (χ2v) is 8.50. The predicted octanol–water partition coefficient (Wildman–Crippen LogP) is 2.51. The third kappa shape index (κ3) is 2.87. The summed E-state index contributed by atoms with van der Waals surface area (Å²) in [6.07, 6.45) is 5.75. The molecule has 0 saturated carbocycles. The molecule has 2 bridgehead atoms. The fraction of sp³-hybridized carbons (Fsp3) is 0.500. The Morgan fingerprint density at radius 3 is 2.93 bits per heavy atom. The molecule has 1 spiro atoms. The average molecular weight is 378 g/mol. The third-order valence-corrected chi connectivity index (χ3v) is 6.63. The molecule has 6 nitrogen and oxygen atoms in total. The maximum absolute atomic E-state index is 12.5. The van der Waals surface area contributed by atoms with Crippen molar-refractivity contribution >= 4 is 11.7 Å². The van der Waals surface area contributed by atoms with Gasteiger partial charge in [-0.1, -0.05) is 0 Å². The number of anilines is 1. The average Bonchev–Trinajstić information content (AvgIpc) is 3.34. The van der Waals surface area contributed by atoms with Gasteiger partial charge in [-0.2, -0.15) is 0 Å². The monoisotopic (exact) mass is 378 g/mol. The van der Waals surface area contributed by atoms with E-state index in [0.717, 1.165) is 37.4 Å². The molecule has 6 heteroatoms. The summed E-state index contributed by atoms with van der Waals surface area (Å²) in [7, 11) is 0. The van der Waals surface area contributed by atoms with Crippen molar-refractivity contribution in [2.75, 3.05) is 24.5 Å². The van der Waals surface area contributed by atoms with Gasteiger partial charge in [0.1, 0.15) is 5.82 Å². The van der Waals surface area contributed by atoms with E-state index in [1.54, 1.807) is 24.5 Å². The minimum Gasteiger partial charge on any atom is -0.369 e. The van der Waals surface area contributed by atoms with Crippen LogP contribution in [0, 0.1) is 25.7 Å². The summed E-state index contributed by atoms with van der Waals surface area (Å²) in [5.74, 6) is 1.81. The van der Waals surface area contributed by atoms with Crippen LogP contribution < -0.4 is 10.2 Å². The molecule has 5 rings (SSSR count). The van der Waals surface area contributed by atoms with Crippen LogP contribution in [0.3, 0.4) is 0 Å². The van der Waals surface area contributed by atoms with Gasteiger partial charge < -0.3 is 15.0 Å². The maximum Gasteiger partial charge on any atom is 0.251 e. The molecule has 0 radical (unpaired) electrons. The van der Waals surface area contributed by atoms with Gasteiger partial charge >= 0.3 is 0 Å². The van der Waals surface area contributed by atoms with Crippen LogP contribution in [0.2, 0.25) is 0 Å². The first-order valence-electron chi connectivity index (χ1n) is 10.1. The predicted molar refractivity (Wildman–Crippen MR) is 106 cm³/mol. The molecule has 1 amide bonds. The van der Waals surface area contributed by atoms with E-state index in [0.29, 0.717) is 23.9 Å². The number of pyridine rings is 2. The van der Waals surface area contributed by atoms with E-state index in [1.807, 2.05) is 6.92 Å². The number of rotatable bonds is 4. The summed E-state index contributed by atoms with van der Waals surface area (Å²) >= 11 is 0. The van der Waals surface area contributed by atoms with Crippen LogP contribution in [-0.2, 0) is 4.74 Å². The van der Waals surface area contributed by atoms with Gasteiger partial charge in [0, 0.05) is 55.1 Å². The number of nitrogens with zero attached hydrogens (tertiary/aromatic N) is 3. The molecule has 0 aliphatic carbocycles. The van der Waals surface area contributed by atoms with Gasteiger partial charge in [0.05, 0.1) is 11.7 Å². The topological polar surface area (TPSA) is 67.4 Å². The van der Waals surface area contributed by atoms with Crippen molar-refractivity contribution in [3.8, 4) is 0 Å². The molecule has 3 aliphatic heterocycles. The van der Waals surface area contributed by atoms with Crippen LogP contribution in [0.25, 0.3) is 0 Å². The molecule has 2 aromatic heterocycles. The van der Waals surface area contributed by atoms with Crippen molar-refractivity contribution < 1.29 is 9.53 Å². The van der Waals surface area contributed by atoms with E-state index in [9.17, 15) is 4.79 Å². The number of carbonyl (C=O) groups is 1. The standard InChI is InChI=1S/C22H26N4O2/c1-14-9-15(2)25-20(10-14)26-12-18-17(19-3-6-22(18,13-26)28-19)11-24-21(27)16-4-7-23-8-5-16/h4-5,7-10,17-19H,3,6,11-13H2,1-2H3,(H,24,27)/t17-,18+,19+,22+/m0/s1. The van der Waals surface area contributed by atoms with Crippen molar-refractivity contribution in [1.29, 1.82) is 0 Å². The molecule has 3 fully saturated rings. The number of nitrogens with one attached hydrogen (secondary N) is 1. The van der Waals surface area contributed by atoms with Crippen molar-refractivity contribution in [2.45, 2.75) is 38.4 Å². The molecule has 1 N–H and O–H groups in total. The number of hydrogen-bond acceptors (Lipinski definition) is 5. The van der Waals surface area contributed by atoms with Crippen LogP contribution in [-0.4, -0.2) is 47.2 Å². The van der Waals surface area contributed by atoms with Crippen LogP contribution in [0.1, 0.15) is 34.5 Å². The van der Waals surface area contributed by atoms with Crippen LogP contribution in [0.4, 0.5) is 5.82 Å². The Labute approximate surface area is 165 Å². The van der Waals surface area contributed by atoms with Gasteiger partial charge in [0.2, 0.25) is 0 Å². The van der Waals surface area contributed by atoms with E-state index in [2.05, 4.69) is 34.3 Å². The SMILES string of the molecule is Cc1cc(C)nc(N2C[C@@H]3[C@H](CNC(=O)c4ccncc4)[C@H]4CC[C@]3(C2)O4)c1. The van der Waals surface area contributed by atoms with Gasteiger partial charge in [-0.25, -0.2) is 4.98 Å². The smallest absolute Gasteiger partial charge is 0.251 e. The highest BCUT2D eigenvalue weighted by Gasteiger charge is 2.63.